The quantitative estimate of drug-likeness (QED) is 0.0327. The van der Waals surface area contributed by atoms with Gasteiger partial charge in [0.2, 0.25) is 59.1 Å². The maximum atomic E-state index is 13.9. The Morgan fingerprint density at radius 1 is 0.432 bits per heavy atom. The highest BCUT2D eigenvalue weighted by Crippen LogP contribution is 2.15. The minimum absolute atomic E-state index is 0.0739. The van der Waals surface area contributed by atoms with Gasteiger partial charge in [0.15, 0.2) is 0 Å². The van der Waals surface area contributed by atoms with Crippen LogP contribution in [0.15, 0.2) is 24.3 Å². The number of aliphatic hydroxyl groups is 1. The van der Waals surface area contributed by atoms with Gasteiger partial charge in [-0.2, -0.15) is 0 Å². The molecule has 0 aliphatic carbocycles. The molecule has 29 heteroatoms. The van der Waals surface area contributed by atoms with Crippen molar-refractivity contribution in [2.24, 2.45) is 29.4 Å². The number of nitrogens with two attached hydrogens (primary N) is 1. The zero-order valence-corrected chi connectivity index (χ0v) is 47.7. The van der Waals surface area contributed by atoms with Crippen LogP contribution in [0.4, 0.5) is 0 Å². The first-order chi connectivity index (χ1) is 37.5. The summed E-state index contributed by atoms with van der Waals surface area (Å²) in [6.07, 6.45) is -3.92. The number of hydrogen-bond acceptors (Lipinski definition) is 16. The number of nitrogens with one attached hydrogen (secondary N) is 10. The highest BCUT2D eigenvalue weighted by Gasteiger charge is 2.37. The molecule has 0 saturated heterocycles. The molecule has 0 spiro atoms. The highest BCUT2D eigenvalue weighted by molar-refractivity contribution is 5.99. The normalized spacial score (nSPS) is 15.7. The number of phenols is 1. The Morgan fingerprint density at radius 3 is 1.27 bits per heavy atom. The van der Waals surface area contributed by atoms with E-state index in [0.29, 0.717) is 5.56 Å². The number of aromatic hydroxyl groups is 1. The van der Waals surface area contributed by atoms with Crippen molar-refractivity contribution in [3.8, 4) is 5.75 Å². The van der Waals surface area contributed by atoms with E-state index in [1.807, 2.05) is 0 Å². The zero-order valence-electron chi connectivity index (χ0n) is 47.7. The molecular formula is C52H83N11O18. The van der Waals surface area contributed by atoms with Gasteiger partial charge < -0.3 is 84.4 Å². The van der Waals surface area contributed by atoms with Crippen LogP contribution >= 0.6 is 0 Å². The first-order valence-electron chi connectivity index (χ1n) is 26.4. The number of aliphatic carboxylic acids is 3. The van der Waals surface area contributed by atoms with Gasteiger partial charge in [-0.1, -0.05) is 67.5 Å². The first kappa shape index (κ1) is 71.1. The molecule has 1 rings (SSSR count). The third kappa shape index (κ3) is 24.9. The molecule has 12 atom stereocenters. The molecule has 0 fully saturated rings. The van der Waals surface area contributed by atoms with Crippen molar-refractivity contribution < 1.29 is 87.9 Å². The Morgan fingerprint density at radius 2 is 0.815 bits per heavy atom. The molecule has 1 aromatic rings. The Balaban J connectivity index is 3.24. The molecule has 0 unspecified atom stereocenters. The van der Waals surface area contributed by atoms with Gasteiger partial charge in [0.25, 0.3) is 0 Å². The lowest BCUT2D eigenvalue weighted by Crippen LogP contribution is -2.62. The highest BCUT2D eigenvalue weighted by atomic mass is 16.4. The zero-order chi connectivity index (χ0) is 62.3. The summed E-state index contributed by atoms with van der Waals surface area (Å²) in [5.74, 6) is -16.1. The third-order valence-electron chi connectivity index (χ3n) is 12.3. The molecule has 1 aromatic carbocycles. The maximum Gasteiger partial charge on any atom is 0.326 e. The molecule has 0 saturated carbocycles. The lowest BCUT2D eigenvalue weighted by atomic mass is 9.98. The molecule has 81 heavy (non-hydrogen) atoms. The van der Waals surface area contributed by atoms with Crippen LogP contribution in [0.1, 0.15) is 114 Å². The Labute approximate surface area is 469 Å². The van der Waals surface area contributed by atoms with Gasteiger partial charge >= 0.3 is 17.9 Å². The van der Waals surface area contributed by atoms with E-state index in [-0.39, 0.29) is 24.5 Å². The summed E-state index contributed by atoms with van der Waals surface area (Å²) < 4.78 is 0. The number of benzene rings is 1. The van der Waals surface area contributed by atoms with E-state index in [9.17, 15) is 87.9 Å². The second kappa shape index (κ2) is 33.6. The predicted octanol–water partition coefficient (Wildman–Crippen LogP) is -3.01. The number of aliphatic hydroxyl groups excluding tert-OH is 1. The molecule has 0 aliphatic heterocycles. The van der Waals surface area contributed by atoms with E-state index in [2.05, 4.69) is 53.2 Å². The molecule has 0 radical (unpaired) electrons. The van der Waals surface area contributed by atoms with E-state index in [1.54, 1.807) is 41.5 Å². The van der Waals surface area contributed by atoms with Crippen LogP contribution in [0, 0.1) is 23.7 Å². The van der Waals surface area contributed by atoms with Gasteiger partial charge in [0.1, 0.15) is 66.2 Å². The van der Waals surface area contributed by atoms with Crippen LogP contribution in [-0.2, 0) is 68.7 Å². The third-order valence-corrected chi connectivity index (χ3v) is 12.3. The number of carbonyl (C=O) groups is 13. The minimum Gasteiger partial charge on any atom is -0.508 e. The van der Waals surface area contributed by atoms with Crippen molar-refractivity contribution >= 4 is 77.0 Å². The molecule has 0 aromatic heterocycles. The van der Waals surface area contributed by atoms with Crippen molar-refractivity contribution in [1.82, 2.24) is 53.2 Å². The number of phenolic OH excluding ortho intramolecular Hbond substituents is 1. The summed E-state index contributed by atoms with van der Waals surface area (Å²) in [6.45, 7) is 17.6. The molecule has 454 valence electrons. The minimum atomic E-state index is -1.73. The molecule has 29 nitrogen and oxygen atoms in total. The fraction of sp³-hybridized carbons (Fsp3) is 0.635. The first-order valence-corrected chi connectivity index (χ1v) is 26.4. The van der Waals surface area contributed by atoms with E-state index < -0.39 is 187 Å². The van der Waals surface area contributed by atoms with Crippen molar-refractivity contribution in [1.29, 1.82) is 0 Å². The summed E-state index contributed by atoms with van der Waals surface area (Å²) in [7, 11) is 0. The molecule has 17 N–H and O–H groups in total. The number of amides is 10. The lowest BCUT2D eigenvalue weighted by Gasteiger charge is -2.30. The van der Waals surface area contributed by atoms with Crippen molar-refractivity contribution in [2.75, 3.05) is 0 Å². The van der Waals surface area contributed by atoms with Crippen LogP contribution in [0.25, 0.3) is 0 Å². The summed E-state index contributed by atoms with van der Waals surface area (Å²) in [6, 6.07) is -10.4. The van der Waals surface area contributed by atoms with E-state index >= 15 is 0 Å². The topological polar surface area (TPSA) is 469 Å². The van der Waals surface area contributed by atoms with Crippen molar-refractivity contribution in [2.45, 2.75) is 188 Å². The molecule has 0 bridgehead atoms. The smallest absolute Gasteiger partial charge is 0.326 e. The standard InChI is InChI=1S/C52H83N11O18/c1-22(2)19-33(58-47(75)35(21-37(68)69)57-42(70)26(9)53)46(74)56-32(17-18-36(66)67)45(73)60-39(24(5)6)50(78)61-38(23(3)4)49(77)55-27(10)43(71)54-28(11)44(72)63-41(29(12)64)51(79)59-34(20-30-13-15-31(65)16-14-30)48(76)62-40(25(7)8)52(80)81/h13-16,22-29,32-35,38-41,64-65H,17-21,53H2,1-12H3,(H,54,71)(H,55,77)(H,56,74)(H,57,70)(H,58,75)(H,59,79)(H,60,73)(H,61,78)(H,62,76)(H,63,72)(H,66,67)(H,68,69)(H,80,81)/t26-,27-,28-,29+,32-,33-,34-,35-,38-,39-,40-,41-/m0/s1. The fourth-order valence-corrected chi connectivity index (χ4v) is 7.60. The number of rotatable bonds is 34. The van der Waals surface area contributed by atoms with Gasteiger partial charge in [0.05, 0.1) is 18.6 Å². The SMILES string of the molecule is CC(C)C[C@H](NC(=O)[C@H](CC(=O)O)NC(=O)[C@H](C)N)C(=O)N[C@@H](CCC(=O)O)C(=O)N[C@H](C(=O)N[C@H](C(=O)N[C@@H](C)C(=O)N[C@@H](C)C(=O)N[C@H](C(=O)N[C@@H](Cc1ccc(O)cc1)C(=O)N[C@H](C(=O)O)C(C)C)[C@@H](C)O)C(C)C)C(C)C. The number of hydrogen-bond donors (Lipinski definition) is 16. The van der Waals surface area contributed by atoms with Crippen molar-refractivity contribution in [3.63, 3.8) is 0 Å². The molecule has 10 amide bonds. The lowest BCUT2D eigenvalue weighted by molar-refractivity contribution is -0.143. The van der Waals surface area contributed by atoms with Crippen molar-refractivity contribution in [3.05, 3.63) is 29.8 Å². The second-order valence-electron chi connectivity index (χ2n) is 21.3. The van der Waals surface area contributed by atoms with Crippen LogP contribution in [0.5, 0.6) is 5.75 Å². The van der Waals surface area contributed by atoms with Gasteiger partial charge in [-0.25, -0.2) is 4.79 Å². The van der Waals surface area contributed by atoms with Gasteiger partial charge in [0, 0.05) is 12.8 Å². The fourth-order valence-electron chi connectivity index (χ4n) is 7.60. The summed E-state index contributed by atoms with van der Waals surface area (Å²) in [5.41, 5.74) is 6.01. The Kier molecular flexibility index (Phi) is 29.5. The van der Waals surface area contributed by atoms with Gasteiger partial charge in [-0.3, -0.25) is 57.5 Å². The van der Waals surface area contributed by atoms with Crippen LogP contribution in [0.3, 0.4) is 0 Å². The summed E-state index contributed by atoms with van der Waals surface area (Å²) in [5, 5.41) is 72.9. The van der Waals surface area contributed by atoms with Crippen LogP contribution in [0.2, 0.25) is 0 Å². The maximum absolute atomic E-state index is 13.9. The van der Waals surface area contributed by atoms with Crippen LogP contribution < -0.4 is 58.9 Å². The average molecular weight is 1150 g/mol. The second-order valence-corrected chi connectivity index (χ2v) is 21.3. The number of carbonyl (C=O) groups excluding carboxylic acids is 10. The van der Waals surface area contributed by atoms with Gasteiger partial charge in [-0.05, 0) is 81.9 Å². The van der Waals surface area contributed by atoms with Crippen LogP contribution in [-0.4, -0.2) is 175 Å². The van der Waals surface area contributed by atoms with E-state index in [1.165, 1.54) is 58.9 Å². The monoisotopic (exact) mass is 1150 g/mol. The summed E-state index contributed by atoms with van der Waals surface area (Å²) in [4.78, 5) is 170. The predicted molar refractivity (Wildman–Crippen MR) is 289 cm³/mol. The Bertz CT molecular complexity index is 2400. The van der Waals surface area contributed by atoms with E-state index in [0.717, 1.165) is 6.92 Å². The molecule has 0 aliphatic rings. The van der Waals surface area contributed by atoms with E-state index in [4.69, 9.17) is 5.73 Å². The molecule has 0 heterocycles. The number of carboxylic acids is 3. The van der Waals surface area contributed by atoms with Gasteiger partial charge in [-0.15, -0.1) is 0 Å². The largest absolute Gasteiger partial charge is 0.508 e. The summed E-state index contributed by atoms with van der Waals surface area (Å²) >= 11 is 0. The molecular weight excluding hydrogens is 1070 g/mol. The Hall–Kier alpha value is -7.95. The number of carboxylic acid groups (broad SMARTS) is 3. The average Bonchev–Trinajstić information content (AvgIpc) is 3.35.